The van der Waals surface area contributed by atoms with Crippen LogP contribution in [0.2, 0.25) is 0 Å². The van der Waals surface area contributed by atoms with Gasteiger partial charge in [0, 0.05) is 23.7 Å². The Balaban J connectivity index is 1.91. The van der Waals surface area contributed by atoms with Gasteiger partial charge in [-0.25, -0.2) is 0 Å². The van der Waals surface area contributed by atoms with E-state index in [0.29, 0.717) is 0 Å². The molecule has 0 saturated carbocycles. The molecule has 0 amide bonds. The summed E-state index contributed by atoms with van der Waals surface area (Å²) in [4.78, 5) is 15.3. The number of Topliss-reactive ketones (excluding diaryl/α,β-unsaturated/α-hetero) is 1. The Morgan fingerprint density at radius 1 is 0.955 bits per heavy atom. The molecule has 0 aliphatic carbocycles. The largest absolute Gasteiger partial charge is 0.294 e. The fraction of sp³-hybridized carbons (Fsp3) is 0.350. The highest BCUT2D eigenvalue weighted by Crippen LogP contribution is 2.44. The van der Waals surface area contributed by atoms with Crippen LogP contribution in [0, 0.1) is 5.92 Å². The van der Waals surface area contributed by atoms with Crippen LogP contribution in [-0.4, -0.2) is 22.8 Å². The molecule has 1 aliphatic rings. The summed E-state index contributed by atoms with van der Waals surface area (Å²) in [6.07, 6.45) is 0. The fourth-order valence-corrected chi connectivity index (χ4v) is 3.30. The monoisotopic (exact) mass is 293 g/mol. The van der Waals surface area contributed by atoms with Crippen molar-refractivity contribution in [3.05, 3.63) is 71.8 Å². The van der Waals surface area contributed by atoms with E-state index in [9.17, 15) is 4.79 Å². The minimum absolute atomic E-state index is 0.0454. The van der Waals surface area contributed by atoms with E-state index >= 15 is 0 Å². The van der Waals surface area contributed by atoms with E-state index in [1.165, 1.54) is 5.56 Å². The number of rotatable bonds is 3. The van der Waals surface area contributed by atoms with Gasteiger partial charge in [0.05, 0.1) is 5.92 Å². The van der Waals surface area contributed by atoms with Gasteiger partial charge in [0.1, 0.15) is 0 Å². The number of carbonyl (C=O) groups is 1. The minimum Gasteiger partial charge on any atom is -0.294 e. The minimum atomic E-state index is 0.0454. The average molecular weight is 293 g/mol. The van der Waals surface area contributed by atoms with Gasteiger partial charge in [-0.15, -0.1) is 0 Å². The fourth-order valence-electron chi connectivity index (χ4n) is 3.30. The Kier molecular flexibility index (Phi) is 3.88. The number of carbonyl (C=O) groups excluding carboxylic acids is 1. The summed E-state index contributed by atoms with van der Waals surface area (Å²) in [5, 5.41) is 0. The zero-order valence-corrected chi connectivity index (χ0v) is 13.5. The zero-order chi connectivity index (χ0) is 15.7. The number of hydrogen-bond donors (Lipinski definition) is 0. The summed E-state index contributed by atoms with van der Waals surface area (Å²) < 4.78 is 0. The summed E-state index contributed by atoms with van der Waals surface area (Å²) in [5.41, 5.74) is 2.12. The van der Waals surface area contributed by atoms with Crippen molar-refractivity contribution >= 4 is 5.78 Å². The van der Waals surface area contributed by atoms with Crippen LogP contribution in [0.1, 0.15) is 42.7 Å². The molecule has 114 valence electrons. The van der Waals surface area contributed by atoms with E-state index in [0.717, 1.165) is 12.1 Å². The Morgan fingerprint density at radius 2 is 1.50 bits per heavy atom. The summed E-state index contributed by atoms with van der Waals surface area (Å²) >= 11 is 0. The third kappa shape index (κ3) is 2.71. The molecule has 3 rings (SSSR count). The van der Waals surface area contributed by atoms with Gasteiger partial charge in [0.15, 0.2) is 5.78 Å². The van der Waals surface area contributed by atoms with Gasteiger partial charge in [-0.3, -0.25) is 9.69 Å². The van der Waals surface area contributed by atoms with E-state index in [-0.39, 0.29) is 23.3 Å². The van der Waals surface area contributed by atoms with E-state index < -0.39 is 0 Å². The molecule has 2 aromatic rings. The van der Waals surface area contributed by atoms with Crippen molar-refractivity contribution in [2.45, 2.75) is 32.4 Å². The summed E-state index contributed by atoms with van der Waals surface area (Å²) in [6, 6.07) is 20.2. The molecule has 0 radical (unpaired) electrons. The number of hydrogen-bond acceptors (Lipinski definition) is 2. The van der Waals surface area contributed by atoms with Crippen molar-refractivity contribution in [3.8, 4) is 0 Å². The Morgan fingerprint density at radius 3 is 2.05 bits per heavy atom. The number of likely N-dealkylation sites (tertiary alicyclic amines) is 1. The first-order valence-corrected chi connectivity index (χ1v) is 7.89. The van der Waals surface area contributed by atoms with E-state index in [1.807, 2.05) is 36.4 Å². The molecule has 0 unspecified atom stereocenters. The van der Waals surface area contributed by atoms with Crippen LogP contribution in [-0.2, 0) is 0 Å². The van der Waals surface area contributed by atoms with Crippen LogP contribution in [0.5, 0.6) is 0 Å². The van der Waals surface area contributed by atoms with Gasteiger partial charge in [-0.1, -0.05) is 60.7 Å². The lowest BCUT2D eigenvalue weighted by molar-refractivity contribution is -0.0434. The molecule has 22 heavy (non-hydrogen) atoms. The average Bonchev–Trinajstić information content (AvgIpc) is 2.46. The van der Waals surface area contributed by atoms with Crippen molar-refractivity contribution in [1.29, 1.82) is 0 Å². The summed E-state index contributed by atoms with van der Waals surface area (Å²) in [5.74, 6) is 0.305. The second kappa shape index (κ2) is 5.69. The van der Waals surface area contributed by atoms with Crippen LogP contribution in [0.25, 0.3) is 0 Å². The lowest BCUT2D eigenvalue weighted by Gasteiger charge is -2.54. The lowest BCUT2D eigenvalue weighted by atomic mass is 9.76. The molecular weight excluding hydrogens is 270 g/mol. The third-order valence-corrected chi connectivity index (χ3v) is 4.51. The standard InChI is InChI=1S/C20H23NO/c1-20(2,3)21-14-17(18(21)15-10-6-4-7-11-15)19(22)16-12-8-5-9-13-16/h4-13,17-18H,14H2,1-3H3/t17-,18-/m0/s1. The van der Waals surface area contributed by atoms with Crippen LogP contribution < -0.4 is 0 Å². The molecule has 2 nitrogen and oxygen atoms in total. The lowest BCUT2D eigenvalue weighted by Crippen LogP contribution is -2.60. The smallest absolute Gasteiger partial charge is 0.169 e. The number of nitrogens with zero attached hydrogens (tertiary/aromatic N) is 1. The molecule has 1 aliphatic heterocycles. The molecule has 0 spiro atoms. The number of ketones is 1. The predicted octanol–water partition coefficient (Wildman–Crippen LogP) is 4.34. The van der Waals surface area contributed by atoms with Crippen LogP contribution in [0.3, 0.4) is 0 Å². The van der Waals surface area contributed by atoms with Gasteiger partial charge in [0.25, 0.3) is 0 Å². The van der Waals surface area contributed by atoms with Gasteiger partial charge in [-0.2, -0.15) is 0 Å². The molecule has 1 fully saturated rings. The maximum Gasteiger partial charge on any atom is 0.169 e. The molecule has 1 saturated heterocycles. The van der Waals surface area contributed by atoms with Gasteiger partial charge in [-0.05, 0) is 26.3 Å². The SMILES string of the molecule is CC(C)(C)N1C[C@H](C(=O)c2ccccc2)[C@@H]1c1ccccc1. The van der Waals surface area contributed by atoms with Crippen molar-refractivity contribution < 1.29 is 4.79 Å². The zero-order valence-electron chi connectivity index (χ0n) is 13.5. The highest BCUT2D eigenvalue weighted by Gasteiger charge is 2.48. The van der Waals surface area contributed by atoms with Crippen LogP contribution >= 0.6 is 0 Å². The molecule has 2 heteroatoms. The Hall–Kier alpha value is -1.93. The van der Waals surface area contributed by atoms with Crippen molar-refractivity contribution in [3.63, 3.8) is 0 Å². The quantitative estimate of drug-likeness (QED) is 0.785. The second-order valence-electron chi connectivity index (χ2n) is 7.02. The van der Waals surface area contributed by atoms with Crippen LogP contribution in [0.4, 0.5) is 0 Å². The summed E-state index contributed by atoms with van der Waals surface area (Å²) in [7, 11) is 0. The third-order valence-electron chi connectivity index (χ3n) is 4.51. The topological polar surface area (TPSA) is 20.3 Å². The normalized spacial score (nSPS) is 22.1. The first-order chi connectivity index (χ1) is 10.5. The molecule has 2 atom stereocenters. The second-order valence-corrected chi connectivity index (χ2v) is 7.02. The van der Waals surface area contributed by atoms with Gasteiger partial charge >= 0.3 is 0 Å². The van der Waals surface area contributed by atoms with Crippen LogP contribution in [0.15, 0.2) is 60.7 Å². The first kappa shape index (κ1) is 15.0. The predicted molar refractivity (Wildman–Crippen MR) is 89.9 cm³/mol. The van der Waals surface area contributed by atoms with E-state index in [1.54, 1.807) is 0 Å². The van der Waals surface area contributed by atoms with Crippen molar-refractivity contribution in [2.24, 2.45) is 5.92 Å². The van der Waals surface area contributed by atoms with Crippen molar-refractivity contribution in [1.82, 2.24) is 4.90 Å². The maximum absolute atomic E-state index is 12.9. The first-order valence-electron chi connectivity index (χ1n) is 7.89. The number of benzene rings is 2. The highest BCUT2D eigenvalue weighted by atomic mass is 16.1. The highest BCUT2D eigenvalue weighted by molar-refractivity contribution is 5.99. The molecule has 2 aromatic carbocycles. The van der Waals surface area contributed by atoms with Gasteiger partial charge in [0.2, 0.25) is 0 Å². The van der Waals surface area contributed by atoms with E-state index in [4.69, 9.17) is 0 Å². The molecule has 1 heterocycles. The Labute approximate surface area is 132 Å². The molecular formula is C20H23NO. The van der Waals surface area contributed by atoms with E-state index in [2.05, 4.69) is 49.9 Å². The Bertz CT molecular complexity index is 642. The van der Waals surface area contributed by atoms with Gasteiger partial charge < -0.3 is 0 Å². The molecule has 0 bridgehead atoms. The molecule has 0 N–H and O–H groups in total. The maximum atomic E-state index is 12.9. The summed E-state index contributed by atoms with van der Waals surface area (Å²) in [6.45, 7) is 7.47. The molecule has 0 aromatic heterocycles. The van der Waals surface area contributed by atoms with Crippen molar-refractivity contribution in [2.75, 3.05) is 6.54 Å².